The first-order valence-corrected chi connectivity index (χ1v) is 3.80. The van der Waals surface area contributed by atoms with E-state index in [1.54, 1.807) is 13.8 Å². The van der Waals surface area contributed by atoms with Crippen LogP contribution in [-0.2, 0) is 9.47 Å². The molecule has 5 nitrogen and oxygen atoms in total. The molecule has 1 N–H and O–H groups in total. The van der Waals surface area contributed by atoms with Crippen molar-refractivity contribution in [2.24, 2.45) is 5.10 Å². The zero-order chi connectivity index (χ0) is 9.40. The summed E-state index contributed by atoms with van der Waals surface area (Å²) in [6.45, 7) is 6.06. The van der Waals surface area contributed by atoms with Crippen molar-refractivity contribution in [2.45, 2.75) is 20.8 Å². The van der Waals surface area contributed by atoms with Crippen molar-refractivity contribution in [3.05, 3.63) is 0 Å². The van der Waals surface area contributed by atoms with Crippen LogP contribution in [0, 0.1) is 0 Å². The van der Waals surface area contributed by atoms with Crippen molar-refractivity contribution in [1.82, 2.24) is 5.43 Å². The van der Waals surface area contributed by atoms with E-state index in [-0.39, 0.29) is 0 Å². The minimum atomic E-state index is -0.573. The first-order valence-electron chi connectivity index (χ1n) is 3.80. The summed E-state index contributed by atoms with van der Waals surface area (Å²) in [6, 6.07) is 0. The predicted molar refractivity (Wildman–Crippen MR) is 44.9 cm³/mol. The Morgan fingerprint density at radius 1 is 1.33 bits per heavy atom. The highest BCUT2D eigenvalue weighted by molar-refractivity contribution is 5.75. The van der Waals surface area contributed by atoms with Gasteiger partial charge in [-0.05, 0) is 13.8 Å². The number of nitrogens with one attached hydrogen (secondary N) is 1. The minimum Gasteiger partial charge on any atom is -0.480 e. The monoisotopic (exact) mass is 174 g/mol. The Morgan fingerprint density at radius 2 is 1.92 bits per heavy atom. The molecule has 0 saturated carbocycles. The summed E-state index contributed by atoms with van der Waals surface area (Å²) >= 11 is 0. The van der Waals surface area contributed by atoms with Crippen LogP contribution in [0.2, 0.25) is 0 Å². The van der Waals surface area contributed by atoms with E-state index in [1.807, 2.05) is 6.92 Å². The number of rotatable bonds is 3. The topological polar surface area (TPSA) is 59.9 Å². The van der Waals surface area contributed by atoms with Gasteiger partial charge in [-0.15, -0.1) is 5.10 Å². The van der Waals surface area contributed by atoms with Gasteiger partial charge >= 0.3 is 6.09 Å². The molecule has 0 saturated heterocycles. The number of hydrogen-bond donors (Lipinski definition) is 1. The highest BCUT2D eigenvalue weighted by Crippen LogP contribution is 1.80. The third kappa shape index (κ3) is 5.52. The van der Waals surface area contributed by atoms with Crippen LogP contribution in [0.1, 0.15) is 20.8 Å². The van der Waals surface area contributed by atoms with E-state index in [0.717, 1.165) is 0 Å². The molecule has 0 radical (unpaired) electrons. The molecule has 5 heteroatoms. The molecule has 0 bridgehead atoms. The van der Waals surface area contributed by atoms with Gasteiger partial charge in [-0.2, -0.15) is 0 Å². The number of hydrazone groups is 1. The standard InChI is InChI=1S/C7H14N2O3/c1-4-11-6(3)8-9-7(10)12-5-2/h4-5H2,1-3H3,(H,9,10)/b8-6+. The number of ether oxygens (including phenoxy) is 2. The van der Waals surface area contributed by atoms with Gasteiger partial charge in [-0.1, -0.05) is 0 Å². The summed E-state index contributed by atoms with van der Waals surface area (Å²) in [6.07, 6.45) is -0.573. The summed E-state index contributed by atoms with van der Waals surface area (Å²) in [5, 5.41) is 3.60. The van der Waals surface area contributed by atoms with E-state index >= 15 is 0 Å². The van der Waals surface area contributed by atoms with Crippen molar-refractivity contribution in [3.8, 4) is 0 Å². The Kier molecular flexibility index (Phi) is 5.77. The lowest BCUT2D eigenvalue weighted by Gasteiger charge is -2.02. The number of nitrogens with zero attached hydrogens (tertiary/aromatic N) is 1. The number of hydrogen-bond acceptors (Lipinski definition) is 4. The molecule has 12 heavy (non-hydrogen) atoms. The zero-order valence-corrected chi connectivity index (χ0v) is 7.59. The molecule has 0 aliphatic heterocycles. The second-order valence-corrected chi connectivity index (χ2v) is 1.90. The van der Waals surface area contributed by atoms with Gasteiger partial charge < -0.3 is 9.47 Å². The minimum absolute atomic E-state index is 0.328. The Bertz CT molecular complexity index is 168. The van der Waals surface area contributed by atoms with Gasteiger partial charge in [-0.25, -0.2) is 10.2 Å². The predicted octanol–water partition coefficient (Wildman–Crippen LogP) is 1.10. The molecule has 0 unspecified atom stereocenters. The lowest BCUT2D eigenvalue weighted by atomic mass is 10.7. The van der Waals surface area contributed by atoms with Crippen LogP contribution >= 0.6 is 0 Å². The summed E-state index contributed by atoms with van der Waals surface area (Å²) in [5.74, 6) is 0.408. The van der Waals surface area contributed by atoms with Crippen molar-refractivity contribution in [1.29, 1.82) is 0 Å². The summed E-state index contributed by atoms with van der Waals surface area (Å²) in [4.78, 5) is 10.7. The summed E-state index contributed by atoms with van der Waals surface area (Å²) in [5.41, 5.74) is 2.17. The fourth-order valence-electron chi connectivity index (χ4n) is 0.529. The van der Waals surface area contributed by atoms with Crippen LogP contribution in [0.25, 0.3) is 0 Å². The fraction of sp³-hybridized carbons (Fsp3) is 0.714. The van der Waals surface area contributed by atoms with Crippen LogP contribution in [0.3, 0.4) is 0 Å². The Balaban J connectivity index is 3.63. The normalized spacial score (nSPS) is 10.8. The van der Waals surface area contributed by atoms with Crippen molar-refractivity contribution in [2.75, 3.05) is 13.2 Å². The molecule has 0 aromatic heterocycles. The van der Waals surface area contributed by atoms with E-state index in [9.17, 15) is 4.79 Å². The molecule has 0 fully saturated rings. The van der Waals surface area contributed by atoms with Crippen molar-refractivity contribution < 1.29 is 14.3 Å². The molecule has 0 aliphatic rings. The Labute approximate surface area is 71.7 Å². The second-order valence-electron chi connectivity index (χ2n) is 1.90. The first-order chi connectivity index (χ1) is 5.70. The maximum Gasteiger partial charge on any atom is 0.427 e. The quantitative estimate of drug-likeness (QED) is 0.396. The third-order valence-electron chi connectivity index (χ3n) is 0.933. The van der Waals surface area contributed by atoms with Crippen LogP contribution < -0.4 is 5.43 Å². The van der Waals surface area contributed by atoms with Gasteiger partial charge in [0.05, 0.1) is 13.2 Å². The average Bonchev–Trinajstić information content (AvgIpc) is 2.02. The highest BCUT2D eigenvalue weighted by atomic mass is 16.6. The average molecular weight is 174 g/mol. The number of amides is 1. The lowest BCUT2D eigenvalue weighted by Crippen LogP contribution is -2.20. The molecule has 0 atom stereocenters. The SMILES string of the molecule is CCOC(=O)N/N=C(\C)OCC. The molecule has 0 spiro atoms. The maximum atomic E-state index is 10.7. The van der Waals surface area contributed by atoms with Crippen LogP contribution in [0.15, 0.2) is 5.10 Å². The lowest BCUT2D eigenvalue weighted by molar-refractivity contribution is 0.152. The first kappa shape index (κ1) is 10.7. The van der Waals surface area contributed by atoms with Gasteiger partial charge in [0.15, 0.2) is 0 Å². The van der Waals surface area contributed by atoms with E-state index in [1.165, 1.54) is 0 Å². The summed E-state index contributed by atoms with van der Waals surface area (Å²) < 4.78 is 9.51. The summed E-state index contributed by atoms with van der Waals surface area (Å²) in [7, 11) is 0. The molecule has 70 valence electrons. The second kappa shape index (κ2) is 6.45. The van der Waals surface area contributed by atoms with Gasteiger partial charge in [0, 0.05) is 6.92 Å². The largest absolute Gasteiger partial charge is 0.480 e. The Hall–Kier alpha value is -1.26. The van der Waals surface area contributed by atoms with E-state index in [0.29, 0.717) is 19.1 Å². The molecule has 0 aromatic rings. The van der Waals surface area contributed by atoms with Gasteiger partial charge in [-0.3, -0.25) is 0 Å². The van der Waals surface area contributed by atoms with E-state index in [2.05, 4.69) is 15.3 Å². The smallest absolute Gasteiger partial charge is 0.427 e. The van der Waals surface area contributed by atoms with Gasteiger partial charge in [0.1, 0.15) is 0 Å². The molecule has 0 rings (SSSR count). The molecule has 1 amide bonds. The molecular weight excluding hydrogens is 160 g/mol. The van der Waals surface area contributed by atoms with E-state index in [4.69, 9.17) is 4.74 Å². The van der Waals surface area contributed by atoms with Crippen LogP contribution in [0.4, 0.5) is 4.79 Å². The number of carbonyl (C=O) groups excluding carboxylic acids is 1. The van der Waals surface area contributed by atoms with Crippen molar-refractivity contribution in [3.63, 3.8) is 0 Å². The van der Waals surface area contributed by atoms with Crippen molar-refractivity contribution >= 4 is 12.0 Å². The number of carbonyl (C=O) groups is 1. The molecule has 0 aliphatic carbocycles. The Morgan fingerprint density at radius 3 is 2.42 bits per heavy atom. The van der Waals surface area contributed by atoms with E-state index < -0.39 is 6.09 Å². The fourth-order valence-corrected chi connectivity index (χ4v) is 0.529. The zero-order valence-electron chi connectivity index (χ0n) is 7.59. The molecule has 0 heterocycles. The molecular formula is C7H14N2O3. The van der Waals surface area contributed by atoms with Gasteiger partial charge in [0.25, 0.3) is 0 Å². The van der Waals surface area contributed by atoms with Crippen LogP contribution in [-0.4, -0.2) is 25.2 Å². The highest BCUT2D eigenvalue weighted by Gasteiger charge is 1.97. The third-order valence-corrected chi connectivity index (χ3v) is 0.933. The molecule has 0 aromatic carbocycles. The maximum absolute atomic E-state index is 10.7. The van der Waals surface area contributed by atoms with Gasteiger partial charge in [0.2, 0.25) is 5.90 Å². The van der Waals surface area contributed by atoms with Crippen LogP contribution in [0.5, 0.6) is 0 Å².